The van der Waals surface area contributed by atoms with Crippen molar-refractivity contribution in [2.45, 2.75) is 12.6 Å². The van der Waals surface area contributed by atoms with E-state index >= 15 is 0 Å². The molecule has 94 valence electrons. The van der Waals surface area contributed by atoms with E-state index in [1.807, 2.05) is 23.1 Å². The highest BCUT2D eigenvalue weighted by molar-refractivity contribution is 5.74. The van der Waals surface area contributed by atoms with Crippen molar-refractivity contribution in [1.29, 1.82) is 5.26 Å². The Kier molecular flexibility index (Phi) is 3.92. The monoisotopic (exact) mass is 245 g/mol. The summed E-state index contributed by atoms with van der Waals surface area (Å²) in [5, 5.41) is 21.3. The number of nitriles is 1. The minimum atomic E-state index is -0.823. The zero-order chi connectivity index (χ0) is 13.0. The van der Waals surface area contributed by atoms with Crippen LogP contribution in [0.4, 0.5) is 0 Å². The summed E-state index contributed by atoms with van der Waals surface area (Å²) in [6, 6.07) is 8.93. The van der Waals surface area contributed by atoms with Gasteiger partial charge in [0.15, 0.2) is 0 Å². The number of nitrogens with one attached hydrogen (secondary N) is 1. The molecule has 0 aliphatic carbocycles. The summed E-state index contributed by atoms with van der Waals surface area (Å²) in [5.41, 5.74) is 1.49. The molecule has 2 N–H and O–H groups in total. The first kappa shape index (κ1) is 12.6. The van der Waals surface area contributed by atoms with Gasteiger partial charge in [0.1, 0.15) is 6.04 Å². The van der Waals surface area contributed by atoms with Crippen LogP contribution in [-0.4, -0.2) is 41.7 Å². The van der Waals surface area contributed by atoms with Crippen molar-refractivity contribution >= 4 is 5.97 Å². The quantitative estimate of drug-likeness (QED) is 0.807. The summed E-state index contributed by atoms with van der Waals surface area (Å²) in [6.45, 7) is 2.40. The van der Waals surface area contributed by atoms with Crippen molar-refractivity contribution in [2.24, 2.45) is 0 Å². The molecular formula is C13H15N3O2. The van der Waals surface area contributed by atoms with E-state index in [4.69, 9.17) is 10.4 Å². The Labute approximate surface area is 106 Å². The average Bonchev–Trinajstić information content (AvgIpc) is 2.40. The van der Waals surface area contributed by atoms with Crippen LogP contribution in [0.2, 0.25) is 0 Å². The molecule has 0 aromatic heterocycles. The highest BCUT2D eigenvalue weighted by atomic mass is 16.4. The third-order valence-corrected chi connectivity index (χ3v) is 3.15. The van der Waals surface area contributed by atoms with Gasteiger partial charge in [0.2, 0.25) is 0 Å². The summed E-state index contributed by atoms with van der Waals surface area (Å²) < 4.78 is 0. The molecule has 1 heterocycles. The lowest BCUT2D eigenvalue weighted by Crippen LogP contribution is -2.54. The molecule has 1 aromatic rings. The standard InChI is InChI=1S/C13H15N3O2/c14-7-10-3-1-2-4-11(10)9-16-6-5-15-8-12(16)13(17)18/h1-4,12,15H,5-6,8-9H2,(H,17,18)/t12-/m1/s1. The minimum Gasteiger partial charge on any atom is -0.480 e. The number of hydrogen-bond acceptors (Lipinski definition) is 4. The van der Waals surface area contributed by atoms with Crippen molar-refractivity contribution in [3.63, 3.8) is 0 Å². The molecule has 0 bridgehead atoms. The molecule has 0 amide bonds. The fourth-order valence-electron chi connectivity index (χ4n) is 2.17. The molecule has 1 fully saturated rings. The first-order valence-electron chi connectivity index (χ1n) is 5.88. The fraction of sp³-hybridized carbons (Fsp3) is 0.385. The van der Waals surface area contributed by atoms with Gasteiger partial charge in [-0.3, -0.25) is 9.69 Å². The summed E-state index contributed by atoms with van der Waals surface area (Å²) in [6.07, 6.45) is 0. The summed E-state index contributed by atoms with van der Waals surface area (Å²) in [7, 11) is 0. The molecule has 0 saturated carbocycles. The third-order valence-electron chi connectivity index (χ3n) is 3.15. The Hall–Kier alpha value is -1.90. The first-order valence-corrected chi connectivity index (χ1v) is 5.88. The fourth-order valence-corrected chi connectivity index (χ4v) is 2.17. The van der Waals surface area contributed by atoms with E-state index in [9.17, 15) is 4.79 Å². The van der Waals surface area contributed by atoms with Gasteiger partial charge in [0, 0.05) is 26.2 Å². The number of carbonyl (C=O) groups is 1. The maximum Gasteiger partial charge on any atom is 0.322 e. The van der Waals surface area contributed by atoms with Crippen LogP contribution >= 0.6 is 0 Å². The van der Waals surface area contributed by atoms with Crippen LogP contribution in [0.1, 0.15) is 11.1 Å². The number of carboxylic acid groups (broad SMARTS) is 1. The van der Waals surface area contributed by atoms with Crippen molar-refractivity contribution < 1.29 is 9.90 Å². The van der Waals surface area contributed by atoms with Gasteiger partial charge < -0.3 is 10.4 Å². The van der Waals surface area contributed by atoms with Crippen LogP contribution in [-0.2, 0) is 11.3 Å². The number of nitrogens with zero attached hydrogens (tertiary/aromatic N) is 2. The molecule has 0 unspecified atom stereocenters. The van der Waals surface area contributed by atoms with Gasteiger partial charge in [-0.2, -0.15) is 5.26 Å². The Bertz CT molecular complexity index is 481. The molecule has 0 spiro atoms. The maximum absolute atomic E-state index is 11.2. The number of aliphatic carboxylic acids is 1. The van der Waals surface area contributed by atoms with E-state index < -0.39 is 12.0 Å². The lowest BCUT2D eigenvalue weighted by Gasteiger charge is -2.33. The molecule has 1 aliphatic rings. The Balaban J connectivity index is 2.16. The van der Waals surface area contributed by atoms with Crippen molar-refractivity contribution in [2.75, 3.05) is 19.6 Å². The second-order valence-corrected chi connectivity index (χ2v) is 4.30. The van der Waals surface area contributed by atoms with Crippen molar-refractivity contribution in [3.8, 4) is 6.07 Å². The van der Waals surface area contributed by atoms with Crippen LogP contribution in [0, 0.1) is 11.3 Å². The predicted molar refractivity (Wildman–Crippen MR) is 65.9 cm³/mol. The lowest BCUT2D eigenvalue weighted by molar-refractivity contribution is -0.144. The summed E-state index contributed by atoms with van der Waals surface area (Å²) in [4.78, 5) is 13.1. The number of benzene rings is 1. The second kappa shape index (κ2) is 5.63. The number of carboxylic acids is 1. The van der Waals surface area contributed by atoms with Crippen LogP contribution in [0.25, 0.3) is 0 Å². The van der Waals surface area contributed by atoms with Gasteiger partial charge in [0.05, 0.1) is 11.6 Å². The Morgan fingerprint density at radius 3 is 3.06 bits per heavy atom. The largest absolute Gasteiger partial charge is 0.480 e. The molecule has 18 heavy (non-hydrogen) atoms. The highest BCUT2D eigenvalue weighted by Gasteiger charge is 2.28. The third kappa shape index (κ3) is 2.67. The van der Waals surface area contributed by atoms with Crippen molar-refractivity contribution in [3.05, 3.63) is 35.4 Å². The van der Waals surface area contributed by atoms with Crippen LogP contribution in [0.15, 0.2) is 24.3 Å². The maximum atomic E-state index is 11.2. The van der Waals surface area contributed by atoms with Gasteiger partial charge in [-0.05, 0) is 11.6 Å². The molecule has 1 saturated heterocycles. The minimum absolute atomic E-state index is 0.448. The molecular weight excluding hydrogens is 230 g/mol. The summed E-state index contributed by atoms with van der Waals surface area (Å²) in [5.74, 6) is -0.823. The lowest BCUT2D eigenvalue weighted by atomic mass is 10.1. The van der Waals surface area contributed by atoms with E-state index in [2.05, 4.69) is 11.4 Å². The van der Waals surface area contributed by atoms with Gasteiger partial charge in [-0.25, -0.2) is 0 Å². The Morgan fingerprint density at radius 2 is 2.33 bits per heavy atom. The van der Waals surface area contributed by atoms with Gasteiger partial charge in [0.25, 0.3) is 0 Å². The normalized spacial score (nSPS) is 20.3. The van der Waals surface area contributed by atoms with Crippen molar-refractivity contribution in [1.82, 2.24) is 10.2 Å². The van der Waals surface area contributed by atoms with Crippen LogP contribution in [0.3, 0.4) is 0 Å². The highest BCUT2D eigenvalue weighted by Crippen LogP contribution is 2.14. The van der Waals surface area contributed by atoms with Crippen LogP contribution in [0.5, 0.6) is 0 Å². The average molecular weight is 245 g/mol. The number of rotatable bonds is 3. The van der Waals surface area contributed by atoms with E-state index in [0.29, 0.717) is 25.2 Å². The molecule has 1 aliphatic heterocycles. The molecule has 1 atom stereocenters. The van der Waals surface area contributed by atoms with E-state index in [1.54, 1.807) is 6.07 Å². The van der Waals surface area contributed by atoms with Gasteiger partial charge >= 0.3 is 5.97 Å². The summed E-state index contributed by atoms with van der Waals surface area (Å²) >= 11 is 0. The second-order valence-electron chi connectivity index (χ2n) is 4.30. The molecule has 5 heteroatoms. The smallest absolute Gasteiger partial charge is 0.322 e. The zero-order valence-corrected chi connectivity index (χ0v) is 9.97. The topological polar surface area (TPSA) is 76.4 Å². The zero-order valence-electron chi connectivity index (χ0n) is 9.97. The molecule has 2 rings (SSSR count). The molecule has 5 nitrogen and oxygen atoms in total. The first-order chi connectivity index (χ1) is 8.72. The van der Waals surface area contributed by atoms with E-state index in [1.165, 1.54) is 0 Å². The van der Waals surface area contributed by atoms with E-state index in [0.717, 1.165) is 12.1 Å². The van der Waals surface area contributed by atoms with Crippen LogP contribution < -0.4 is 5.32 Å². The number of piperazine rings is 1. The molecule has 1 aromatic carbocycles. The van der Waals surface area contributed by atoms with E-state index in [-0.39, 0.29) is 0 Å². The van der Waals surface area contributed by atoms with Gasteiger partial charge in [-0.15, -0.1) is 0 Å². The van der Waals surface area contributed by atoms with Gasteiger partial charge in [-0.1, -0.05) is 18.2 Å². The number of hydrogen-bond donors (Lipinski definition) is 2. The molecule has 0 radical (unpaired) electrons. The Morgan fingerprint density at radius 1 is 1.56 bits per heavy atom. The SMILES string of the molecule is N#Cc1ccccc1CN1CCNC[C@@H]1C(=O)O. The predicted octanol–water partition coefficient (Wildman–Crippen LogP) is 0.417.